The SMILES string of the molecule is OC(c1ccc[nH]1)c1ncc[nH]1. The number of hydrogen-bond acceptors (Lipinski definition) is 2. The summed E-state index contributed by atoms with van der Waals surface area (Å²) in [5.74, 6) is 0.553. The van der Waals surface area contributed by atoms with Crippen molar-refractivity contribution in [3.63, 3.8) is 0 Å². The van der Waals surface area contributed by atoms with Crippen LogP contribution in [-0.2, 0) is 0 Å². The fraction of sp³-hybridized carbons (Fsp3) is 0.125. The van der Waals surface area contributed by atoms with E-state index in [0.29, 0.717) is 5.82 Å². The Morgan fingerprint density at radius 3 is 2.83 bits per heavy atom. The normalized spacial score (nSPS) is 13.1. The minimum absolute atomic E-state index is 0.553. The number of rotatable bonds is 2. The average Bonchev–Trinajstić information content (AvgIpc) is 2.77. The fourth-order valence-corrected chi connectivity index (χ4v) is 1.09. The van der Waals surface area contributed by atoms with Crippen molar-refractivity contribution >= 4 is 0 Å². The molecule has 0 aromatic carbocycles. The number of aliphatic hydroxyl groups is 1. The van der Waals surface area contributed by atoms with Gasteiger partial charge in [0.2, 0.25) is 0 Å². The van der Waals surface area contributed by atoms with Gasteiger partial charge in [-0.15, -0.1) is 0 Å². The fourth-order valence-electron chi connectivity index (χ4n) is 1.09. The second-order valence-electron chi connectivity index (χ2n) is 2.50. The van der Waals surface area contributed by atoms with Crippen molar-refractivity contribution in [2.24, 2.45) is 0 Å². The molecule has 2 aromatic rings. The Kier molecular flexibility index (Phi) is 1.68. The smallest absolute Gasteiger partial charge is 0.151 e. The molecule has 2 rings (SSSR count). The predicted octanol–water partition coefficient (Wildman–Crippen LogP) is 0.819. The Labute approximate surface area is 69.3 Å². The van der Waals surface area contributed by atoms with Gasteiger partial charge in [-0.3, -0.25) is 0 Å². The van der Waals surface area contributed by atoms with E-state index in [-0.39, 0.29) is 0 Å². The number of nitrogens with zero attached hydrogens (tertiary/aromatic N) is 1. The summed E-state index contributed by atoms with van der Waals surface area (Å²) in [4.78, 5) is 9.71. The molecule has 62 valence electrons. The van der Waals surface area contributed by atoms with Crippen molar-refractivity contribution in [3.8, 4) is 0 Å². The second kappa shape index (κ2) is 2.83. The molecule has 0 spiro atoms. The van der Waals surface area contributed by atoms with Crippen LogP contribution in [0.15, 0.2) is 30.7 Å². The van der Waals surface area contributed by atoms with E-state index >= 15 is 0 Å². The van der Waals surface area contributed by atoms with Gasteiger partial charge in [0, 0.05) is 18.6 Å². The lowest BCUT2D eigenvalue weighted by Gasteiger charge is -2.03. The minimum Gasteiger partial charge on any atom is -0.379 e. The maximum atomic E-state index is 9.64. The molecule has 2 heterocycles. The van der Waals surface area contributed by atoms with Crippen LogP contribution in [0.2, 0.25) is 0 Å². The zero-order valence-corrected chi connectivity index (χ0v) is 6.36. The van der Waals surface area contributed by atoms with Crippen molar-refractivity contribution in [2.75, 3.05) is 0 Å². The second-order valence-corrected chi connectivity index (χ2v) is 2.50. The van der Waals surface area contributed by atoms with Crippen LogP contribution in [0.4, 0.5) is 0 Å². The number of aromatic amines is 2. The van der Waals surface area contributed by atoms with Gasteiger partial charge in [-0.1, -0.05) is 0 Å². The van der Waals surface area contributed by atoms with Crippen molar-refractivity contribution in [1.82, 2.24) is 15.0 Å². The molecular weight excluding hydrogens is 154 g/mol. The molecule has 0 aliphatic carbocycles. The summed E-state index contributed by atoms with van der Waals surface area (Å²) in [5.41, 5.74) is 0.741. The Hall–Kier alpha value is -1.55. The maximum Gasteiger partial charge on any atom is 0.151 e. The van der Waals surface area contributed by atoms with Gasteiger partial charge in [0.05, 0.1) is 5.69 Å². The van der Waals surface area contributed by atoms with Crippen LogP contribution in [0.1, 0.15) is 17.6 Å². The van der Waals surface area contributed by atoms with E-state index in [4.69, 9.17) is 0 Å². The lowest BCUT2D eigenvalue weighted by Crippen LogP contribution is -2.01. The Morgan fingerprint density at radius 2 is 2.25 bits per heavy atom. The summed E-state index contributed by atoms with van der Waals surface area (Å²) in [6.45, 7) is 0. The van der Waals surface area contributed by atoms with E-state index in [9.17, 15) is 5.11 Å². The van der Waals surface area contributed by atoms with Gasteiger partial charge in [0.15, 0.2) is 6.10 Å². The molecule has 1 atom stereocenters. The van der Waals surface area contributed by atoms with Crippen LogP contribution in [0.3, 0.4) is 0 Å². The number of H-pyrrole nitrogens is 2. The Balaban J connectivity index is 2.27. The molecule has 0 saturated carbocycles. The third-order valence-corrected chi connectivity index (χ3v) is 1.69. The number of aliphatic hydroxyl groups excluding tert-OH is 1. The lowest BCUT2D eigenvalue weighted by molar-refractivity contribution is 0.207. The van der Waals surface area contributed by atoms with Gasteiger partial charge in [-0.2, -0.15) is 0 Å². The van der Waals surface area contributed by atoms with Gasteiger partial charge in [0.25, 0.3) is 0 Å². The third-order valence-electron chi connectivity index (χ3n) is 1.69. The highest BCUT2D eigenvalue weighted by Gasteiger charge is 2.12. The summed E-state index contributed by atoms with van der Waals surface area (Å²) < 4.78 is 0. The summed E-state index contributed by atoms with van der Waals surface area (Å²) in [7, 11) is 0. The Bertz CT molecular complexity index is 291. The summed E-state index contributed by atoms with van der Waals surface area (Å²) in [5, 5.41) is 9.64. The molecule has 0 aliphatic rings. The molecule has 12 heavy (non-hydrogen) atoms. The van der Waals surface area contributed by atoms with E-state index in [0.717, 1.165) is 5.69 Å². The molecule has 1 unspecified atom stereocenters. The van der Waals surface area contributed by atoms with Gasteiger partial charge in [-0.25, -0.2) is 4.98 Å². The molecule has 3 N–H and O–H groups in total. The molecule has 2 aromatic heterocycles. The summed E-state index contributed by atoms with van der Waals surface area (Å²) in [6.07, 6.45) is 4.37. The van der Waals surface area contributed by atoms with E-state index in [1.807, 2.05) is 12.1 Å². The molecule has 0 bridgehead atoms. The zero-order chi connectivity index (χ0) is 8.39. The standard InChI is InChI=1S/C8H9N3O/c12-7(6-2-1-3-9-6)8-10-4-5-11-8/h1-5,7,9,12H,(H,10,11). The first-order chi connectivity index (χ1) is 5.88. The van der Waals surface area contributed by atoms with Crippen LogP contribution in [-0.4, -0.2) is 20.1 Å². The molecule has 0 radical (unpaired) electrons. The van der Waals surface area contributed by atoms with Gasteiger partial charge >= 0.3 is 0 Å². The van der Waals surface area contributed by atoms with Crippen LogP contribution in [0.5, 0.6) is 0 Å². The molecule has 0 fully saturated rings. The van der Waals surface area contributed by atoms with E-state index in [1.165, 1.54) is 0 Å². The van der Waals surface area contributed by atoms with Gasteiger partial charge in [-0.05, 0) is 12.1 Å². The third kappa shape index (κ3) is 1.12. The van der Waals surface area contributed by atoms with E-state index < -0.39 is 6.10 Å². The van der Waals surface area contributed by atoms with Crippen molar-refractivity contribution < 1.29 is 5.11 Å². The number of nitrogens with one attached hydrogen (secondary N) is 2. The van der Waals surface area contributed by atoms with Crippen molar-refractivity contribution in [1.29, 1.82) is 0 Å². The zero-order valence-electron chi connectivity index (χ0n) is 6.36. The minimum atomic E-state index is -0.685. The predicted molar refractivity (Wildman–Crippen MR) is 43.4 cm³/mol. The number of imidazole rings is 1. The van der Waals surface area contributed by atoms with E-state index in [2.05, 4.69) is 15.0 Å². The van der Waals surface area contributed by atoms with Crippen LogP contribution in [0, 0.1) is 0 Å². The highest BCUT2D eigenvalue weighted by molar-refractivity contribution is 5.14. The molecular formula is C8H9N3O. The topological polar surface area (TPSA) is 64.7 Å². The average molecular weight is 163 g/mol. The lowest BCUT2D eigenvalue weighted by atomic mass is 10.2. The molecule has 4 nitrogen and oxygen atoms in total. The summed E-state index contributed by atoms with van der Waals surface area (Å²) >= 11 is 0. The largest absolute Gasteiger partial charge is 0.379 e. The first-order valence-electron chi connectivity index (χ1n) is 3.68. The highest BCUT2D eigenvalue weighted by Crippen LogP contribution is 2.15. The van der Waals surface area contributed by atoms with Crippen LogP contribution < -0.4 is 0 Å². The van der Waals surface area contributed by atoms with Crippen molar-refractivity contribution in [3.05, 3.63) is 42.2 Å². The van der Waals surface area contributed by atoms with Crippen LogP contribution >= 0.6 is 0 Å². The maximum absolute atomic E-state index is 9.64. The molecule has 0 aliphatic heterocycles. The molecule has 4 heteroatoms. The summed E-state index contributed by atoms with van der Waals surface area (Å²) in [6, 6.07) is 3.65. The van der Waals surface area contributed by atoms with Gasteiger partial charge < -0.3 is 15.1 Å². The number of hydrogen-bond donors (Lipinski definition) is 3. The highest BCUT2D eigenvalue weighted by atomic mass is 16.3. The quantitative estimate of drug-likeness (QED) is 0.613. The molecule has 0 saturated heterocycles. The first kappa shape index (κ1) is 7.12. The van der Waals surface area contributed by atoms with Crippen LogP contribution in [0.25, 0.3) is 0 Å². The van der Waals surface area contributed by atoms with Gasteiger partial charge in [0.1, 0.15) is 5.82 Å². The monoisotopic (exact) mass is 163 g/mol. The first-order valence-corrected chi connectivity index (χ1v) is 3.68. The van der Waals surface area contributed by atoms with E-state index in [1.54, 1.807) is 18.6 Å². The number of aromatic nitrogens is 3. The molecule has 0 amide bonds. The van der Waals surface area contributed by atoms with Crippen molar-refractivity contribution in [2.45, 2.75) is 6.10 Å². The Morgan fingerprint density at radius 1 is 1.33 bits per heavy atom.